The van der Waals surface area contributed by atoms with E-state index in [-0.39, 0.29) is 22.2 Å². The number of halogens is 2. The first-order valence-corrected chi connectivity index (χ1v) is 5.03. The van der Waals surface area contributed by atoms with E-state index >= 15 is 0 Å². The number of nitrogens with zero attached hydrogens (tertiary/aromatic N) is 1. The van der Waals surface area contributed by atoms with Crippen LogP contribution in [0.2, 0.25) is 5.02 Å². The minimum absolute atomic E-state index is 0.0233. The van der Waals surface area contributed by atoms with Crippen LogP contribution in [0.5, 0.6) is 0 Å². The van der Waals surface area contributed by atoms with E-state index in [0.717, 1.165) is 13.2 Å². The van der Waals surface area contributed by atoms with Crippen LogP contribution in [0.3, 0.4) is 0 Å². The lowest BCUT2D eigenvalue weighted by Crippen LogP contribution is -2.05. The third-order valence-corrected chi connectivity index (χ3v) is 2.63. The Labute approximate surface area is 101 Å². The van der Waals surface area contributed by atoms with Crippen LogP contribution in [0.4, 0.5) is 5.69 Å². The van der Waals surface area contributed by atoms with E-state index in [1.165, 1.54) is 6.07 Å². The molecule has 0 unspecified atom stereocenters. The summed E-state index contributed by atoms with van der Waals surface area (Å²) in [5.41, 5.74) is 0.00685. The summed E-state index contributed by atoms with van der Waals surface area (Å²) in [4.78, 5) is 21.3. The van der Waals surface area contributed by atoms with Crippen molar-refractivity contribution in [2.45, 2.75) is 5.88 Å². The molecule has 0 heterocycles. The molecule has 0 saturated heterocycles. The third-order valence-electron chi connectivity index (χ3n) is 1.89. The predicted molar refractivity (Wildman–Crippen MR) is 59.0 cm³/mol. The Morgan fingerprint density at radius 2 is 2.19 bits per heavy atom. The van der Waals surface area contributed by atoms with Crippen molar-refractivity contribution in [1.29, 1.82) is 0 Å². The molecule has 1 aromatic rings. The van der Waals surface area contributed by atoms with Gasteiger partial charge < -0.3 is 4.74 Å². The molecule has 1 aromatic carbocycles. The van der Waals surface area contributed by atoms with Crippen LogP contribution in [0.1, 0.15) is 15.9 Å². The fourth-order valence-corrected chi connectivity index (χ4v) is 1.66. The molecule has 0 aliphatic carbocycles. The number of nitro benzene ring substituents is 1. The molecule has 0 saturated carbocycles. The first kappa shape index (κ1) is 12.7. The molecule has 0 radical (unpaired) electrons. The Kier molecular flexibility index (Phi) is 4.09. The Balaban J connectivity index is 3.41. The van der Waals surface area contributed by atoms with Crippen LogP contribution in [-0.4, -0.2) is 18.0 Å². The molecule has 0 aliphatic heterocycles. The smallest absolute Gasteiger partial charge is 0.339 e. The summed E-state index contributed by atoms with van der Waals surface area (Å²) >= 11 is 11.4. The van der Waals surface area contributed by atoms with E-state index in [4.69, 9.17) is 23.2 Å². The molecule has 0 aliphatic rings. The predicted octanol–water partition coefficient (Wildman–Crippen LogP) is 2.77. The fourth-order valence-electron chi connectivity index (χ4n) is 1.13. The zero-order valence-corrected chi connectivity index (χ0v) is 9.71. The van der Waals surface area contributed by atoms with Crippen molar-refractivity contribution in [2.75, 3.05) is 7.11 Å². The third kappa shape index (κ3) is 2.43. The second kappa shape index (κ2) is 5.14. The van der Waals surface area contributed by atoms with E-state index in [2.05, 4.69) is 4.74 Å². The molecule has 0 aromatic heterocycles. The number of benzene rings is 1. The lowest BCUT2D eigenvalue weighted by Gasteiger charge is -2.06. The van der Waals surface area contributed by atoms with Gasteiger partial charge in [0.2, 0.25) is 0 Å². The van der Waals surface area contributed by atoms with E-state index in [1.807, 2.05) is 0 Å². The van der Waals surface area contributed by atoms with Gasteiger partial charge in [0.1, 0.15) is 0 Å². The van der Waals surface area contributed by atoms with Gasteiger partial charge in [-0.1, -0.05) is 11.6 Å². The lowest BCUT2D eigenvalue weighted by atomic mass is 10.1. The number of hydrogen-bond acceptors (Lipinski definition) is 4. The highest BCUT2D eigenvalue weighted by Crippen LogP contribution is 2.28. The molecular weight excluding hydrogens is 257 g/mol. The van der Waals surface area contributed by atoms with Crippen LogP contribution in [0, 0.1) is 10.1 Å². The van der Waals surface area contributed by atoms with Gasteiger partial charge in [-0.2, -0.15) is 0 Å². The van der Waals surface area contributed by atoms with Crippen molar-refractivity contribution >= 4 is 34.9 Å². The number of carbonyl (C=O) groups excluding carboxylic acids is 1. The van der Waals surface area contributed by atoms with Gasteiger partial charge in [0.25, 0.3) is 5.69 Å². The van der Waals surface area contributed by atoms with Gasteiger partial charge in [-0.05, 0) is 5.56 Å². The molecule has 7 heteroatoms. The van der Waals surface area contributed by atoms with Crippen LogP contribution in [-0.2, 0) is 10.6 Å². The number of non-ortho nitro benzene ring substituents is 1. The number of nitro groups is 1. The van der Waals surface area contributed by atoms with Crippen LogP contribution in [0.25, 0.3) is 0 Å². The van der Waals surface area contributed by atoms with Crippen molar-refractivity contribution in [1.82, 2.24) is 0 Å². The first-order chi connectivity index (χ1) is 7.51. The van der Waals surface area contributed by atoms with Gasteiger partial charge >= 0.3 is 5.97 Å². The summed E-state index contributed by atoms with van der Waals surface area (Å²) in [5.74, 6) is -0.759. The molecule has 5 nitrogen and oxygen atoms in total. The van der Waals surface area contributed by atoms with Gasteiger partial charge in [0, 0.05) is 18.0 Å². The van der Waals surface area contributed by atoms with Gasteiger partial charge in [-0.15, -0.1) is 11.6 Å². The quantitative estimate of drug-likeness (QED) is 0.364. The van der Waals surface area contributed by atoms with E-state index in [9.17, 15) is 14.9 Å². The molecule has 1 rings (SSSR count). The molecule has 16 heavy (non-hydrogen) atoms. The normalized spacial score (nSPS) is 9.94. The molecule has 0 atom stereocenters. The highest BCUT2D eigenvalue weighted by Gasteiger charge is 2.19. The molecule has 0 spiro atoms. The van der Waals surface area contributed by atoms with Gasteiger partial charge in [-0.3, -0.25) is 10.1 Å². The summed E-state index contributed by atoms with van der Waals surface area (Å²) in [5, 5.41) is 10.7. The Bertz CT molecular complexity index is 447. The monoisotopic (exact) mass is 263 g/mol. The minimum Gasteiger partial charge on any atom is -0.465 e. The lowest BCUT2D eigenvalue weighted by molar-refractivity contribution is -0.384. The van der Waals surface area contributed by atoms with Gasteiger partial charge in [0.05, 0.1) is 22.6 Å². The number of ether oxygens (including phenoxy) is 1. The highest BCUT2D eigenvalue weighted by atomic mass is 35.5. The zero-order chi connectivity index (χ0) is 12.3. The van der Waals surface area contributed by atoms with E-state index in [0.29, 0.717) is 5.56 Å². The summed E-state index contributed by atoms with van der Waals surface area (Å²) < 4.78 is 4.46. The molecule has 0 fully saturated rings. The Morgan fingerprint density at radius 1 is 1.56 bits per heavy atom. The molecule has 86 valence electrons. The maximum atomic E-state index is 11.3. The number of methoxy groups -OCH3 is 1. The first-order valence-electron chi connectivity index (χ1n) is 4.12. The number of esters is 1. The number of carbonyl (C=O) groups is 1. The number of hydrogen-bond donors (Lipinski definition) is 0. The second-order valence-electron chi connectivity index (χ2n) is 2.85. The minimum atomic E-state index is -0.736. The van der Waals surface area contributed by atoms with Crippen LogP contribution >= 0.6 is 23.2 Å². The topological polar surface area (TPSA) is 69.4 Å². The van der Waals surface area contributed by atoms with Crippen LogP contribution in [0.15, 0.2) is 12.1 Å². The maximum Gasteiger partial charge on any atom is 0.339 e. The largest absolute Gasteiger partial charge is 0.465 e. The molecule has 0 bridgehead atoms. The van der Waals surface area contributed by atoms with Gasteiger partial charge in [-0.25, -0.2) is 4.79 Å². The van der Waals surface area contributed by atoms with Crippen molar-refractivity contribution < 1.29 is 14.5 Å². The van der Waals surface area contributed by atoms with Gasteiger partial charge in [0.15, 0.2) is 0 Å². The summed E-state index contributed by atoms with van der Waals surface area (Å²) in [6.07, 6.45) is 0. The summed E-state index contributed by atoms with van der Waals surface area (Å²) in [7, 11) is 1.16. The SMILES string of the molecule is COC(=O)c1cc([N+](=O)[O-])cc(CCl)c1Cl. The second-order valence-corrected chi connectivity index (χ2v) is 3.49. The number of rotatable bonds is 3. The average molecular weight is 264 g/mol. The molecular formula is C9H7Cl2NO4. The Morgan fingerprint density at radius 3 is 2.62 bits per heavy atom. The van der Waals surface area contributed by atoms with Crippen LogP contribution < -0.4 is 0 Å². The van der Waals surface area contributed by atoms with Crippen molar-refractivity contribution in [2.24, 2.45) is 0 Å². The maximum absolute atomic E-state index is 11.3. The summed E-state index contributed by atoms with van der Waals surface area (Å²) in [6.45, 7) is 0. The number of alkyl halides is 1. The standard InChI is InChI=1S/C9H7Cl2NO4/c1-16-9(13)7-3-6(12(14)15)2-5(4-10)8(7)11/h2-3H,4H2,1H3. The van der Waals surface area contributed by atoms with Crippen molar-refractivity contribution in [3.63, 3.8) is 0 Å². The van der Waals surface area contributed by atoms with E-state index in [1.54, 1.807) is 0 Å². The van der Waals surface area contributed by atoms with Crippen molar-refractivity contribution in [3.05, 3.63) is 38.4 Å². The molecule has 0 N–H and O–H groups in total. The Hall–Kier alpha value is -1.33. The zero-order valence-electron chi connectivity index (χ0n) is 8.20. The highest BCUT2D eigenvalue weighted by molar-refractivity contribution is 6.35. The molecule has 0 amide bonds. The van der Waals surface area contributed by atoms with Crippen molar-refractivity contribution in [3.8, 4) is 0 Å². The van der Waals surface area contributed by atoms with E-state index < -0.39 is 10.9 Å². The fraction of sp³-hybridized carbons (Fsp3) is 0.222. The average Bonchev–Trinajstić information content (AvgIpc) is 2.28. The summed E-state index contributed by atoms with van der Waals surface area (Å²) in [6, 6.07) is 2.28.